The van der Waals surface area contributed by atoms with Crippen LogP contribution in [0.2, 0.25) is 0 Å². The molecule has 0 saturated heterocycles. The van der Waals surface area contributed by atoms with E-state index in [-0.39, 0.29) is 0 Å². The second kappa shape index (κ2) is 7.04. The highest BCUT2D eigenvalue weighted by atomic mass is 16.5. The number of ketones is 1. The summed E-state index contributed by atoms with van der Waals surface area (Å²) in [6.07, 6.45) is 7.80. The van der Waals surface area contributed by atoms with E-state index in [2.05, 4.69) is 39.8 Å². The number of Topliss-reactive ketones (excluding diaryl/α,β-unsaturated/α-hetero) is 1. The van der Waals surface area contributed by atoms with Gasteiger partial charge < -0.3 is 4.74 Å². The number of carbonyl (C=O) groups excluding carboxylic acids is 1. The van der Waals surface area contributed by atoms with E-state index in [0.29, 0.717) is 24.7 Å². The number of rotatable bonds is 7. The SMILES string of the molecule is CCC1=C(CC)C(COC)(C(=O)CC(C)C)C=CC1. The second-order valence-electron chi connectivity index (χ2n) is 5.82. The first kappa shape index (κ1) is 16.2. The van der Waals surface area contributed by atoms with Crippen molar-refractivity contribution in [2.75, 3.05) is 13.7 Å². The van der Waals surface area contributed by atoms with Crippen molar-refractivity contribution in [3.05, 3.63) is 23.3 Å². The lowest BCUT2D eigenvalue weighted by Gasteiger charge is -2.36. The van der Waals surface area contributed by atoms with Crippen LogP contribution in [-0.4, -0.2) is 19.5 Å². The van der Waals surface area contributed by atoms with Gasteiger partial charge in [0.1, 0.15) is 5.78 Å². The lowest BCUT2D eigenvalue weighted by Crippen LogP contribution is -2.38. The third kappa shape index (κ3) is 3.36. The highest BCUT2D eigenvalue weighted by Crippen LogP contribution is 2.41. The minimum absolute atomic E-state index is 0.308. The van der Waals surface area contributed by atoms with Gasteiger partial charge in [0.05, 0.1) is 12.0 Å². The van der Waals surface area contributed by atoms with Crippen molar-refractivity contribution in [2.45, 2.75) is 53.4 Å². The Morgan fingerprint density at radius 3 is 2.53 bits per heavy atom. The molecule has 0 radical (unpaired) electrons. The standard InChI is InChI=1S/C17H28O2/c1-6-14-9-8-10-17(12-19-5,15(14)7-2)16(18)11-13(3)4/h8,10,13H,6-7,9,11-12H2,1-5H3. The summed E-state index contributed by atoms with van der Waals surface area (Å²) in [4.78, 5) is 12.8. The van der Waals surface area contributed by atoms with E-state index in [9.17, 15) is 4.79 Å². The molecule has 0 aromatic heterocycles. The van der Waals surface area contributed by atoms with Crippen molar-refractivity contribution in [3.63, 3.8) is 0 Å². The van der Waals surface area contributed by atoms with Crippen molar-refractivity contribution < 1.29 is 9.53 Å². The largest absolute Gasteiger partial charge is 0.383 e. The Hall–Kier alpha value is -0.890. The molecule has 0 amide bonds. The van der Waals surface area contributed by atoms with Gasteiger partial charge in [-0.2, -0.15) is 0 Å². The van der Waals surface area contributed by atoms with E-state index in [1.54, 1.807) is 7.11 Å². The minimum atomic E-state index is -0.503. The molecule has 1 rings (SSSR count). The number of hydrogen-bond donors (Lipinski definition) is 0. The average Bonchev–Trinajstić information content (AvgIpc) is 2.37. The Labute approximate surface area is 117 Å². The third-order valence-electron chi connectivity index (χ3n) is 3.98. The predicted molar refractivity (Wildman–Crippen MR) is 80.1 cm³/mol. The van der Waals surface area contributed by atoms with Crippen molar-refractivity contribution in [1.82, 2.24) is 0 Å². The van der Waals surface area contributed by atoms with E-state index in [1.807, 2.05) is 0 Å². The molecule has 1 aliphatic carbocycles. The van der Waals surface area contributed by atoms with Crippen molar-refractivity contribution in [2.24, 2.45) is 11.3 Å². The lowest BCUT2D eigenvalue weighted by molar-refractivity contribution is -0.127. The maximum atomic E-state index is 12.8. The molecule has 1 atom stereocenters. The maximum absolute atomic E-state index is 12.8. The molecule has 108 valence electrons. The Morgan fingerprint density at radius 2 is 2.05 bits per heavy atom. The molecular formula is C17H28O2. The Bertz CT molecular complexity index is 377. The highest BCUT2D eigenvalue weighted by Gasteiger charge is 2.41. The van der Waals surface area contributed by atoms with Crippen molar-refractivity contribution in [3.8, 4) is 0 Å². The van der Waals surface area contributed by atoms with Crippen LogP contribution in [0.25, 0.3) is 0 Å². The van der Waals surface area contributed by atoms with Crippen LogP contribution in [0.15, 0.2) is 23.3 Å². The molecule has 0 fully saturated rings. The molecule has 2 heteroatoms. The van der Waals surface area contributed by atoms with Gasteiger partial charge in [0.15, 0.2) is 0 Å². The normalized spacial score (nSPS) is 23.3. The molecule has 0 spiro atoms. The highest BCUT2D eigenvalue weighted by molar-refractivity contribution is 5.91. The Balaban J connectivity index is 3.22. The summed E-state index contributed by atoms with van der Waals surface area (Å²) in [7, 11) is 1.69. The zero-order valence-electron chi connectivity index (χ0n) is 13.1. The number of hydrogen-bond acceptors (Lipinski definition) is 2. The Morgan fingerprint density at radius 1 is 1.37 bits per heavy atom. The summed E-state index contributed by atoms with van der Waals surface area (Å²) in [5.74, 6) is 0.697. The van der Waals surface area contributed by atoms with Gasteiger partial charge in [0.25, 0.3) is 0 Å². The predicted octanol–water partition coefficient (Wildman–Crippen LogP) is 4.31. The zero-order chi connectivity index (χ0) is 14.5. The van der Waals surface area contributed by atoms with E-state index in [0.717, 1.165) is 19.3 Å². The number of carbonyl (C=O) groups is 1. The van der Waals surface area contributed by atoms with E-state index >= 15 is 0 Å². The second-order valence-corrected chi connectivity index (χ2v) is 5.82. The third-order valence-corrected chi connectivity index (χ3v) is 3.98. The Kier molecular flexibility index (Phi) is 5.99. The zero-order valence-corrected chi connectivity index (χ0v) is 13.1. The van der Waals surface area contributed by atoms with Gasteiger partial charge in [-0.1, -0.05) is 51.0 Å². The van der Waals surface area contributed by atoms with Crippen molar-refractivity contribution in [1.29, 1.82) is 0 Å². The molecule has 2 nitrogen and oxygen atoms in total. The van der Waals surface area contributed by atoms with Crippen LogP contribution in [0.3, 0.4) is 0 Å². The van der Waals surface area contributed by atoms with Crippen LogP contribution in [0.1, 0.15) is 53.4 Å². The lowest BCUT2D eigenvalue weighted by atomic mass is 9.68. The smallest absolute Gasteiger partial charge is 0.149 e. The first-order valence-electron chi connectivity index (χ1n) is 7.43. The van der Waals surface area contributed by atoms with Crippen LogP contribution in [0.5, 0.6) is 0 Å². The molecule has 1 aliphatic rings. The van der Waals surface area contributed by atoms with E-state index < -0.39 is 5.41 Å². The molecule has 0 bridgehead atoms. The van der Waals surface area contributed by atoms with E-state index in [1.165, 1.54) is 11.1 Å². The fourth-order valence-electron chi connectivity index (χ4n) is 3.12. The van der Waals surface area contributed by atoms with Gasteiger partial charge in [-0.25, -0.2) is 0 Å². The monoisotopic (exact) mass is 264 g/mol. The summed E-state index contributed by atoms with van der Waals surface area (Å²) in [6.45, 7) is 9.00. The fraction of sp³-hybridized carbons (Fsp3) is 0.706. The van der Waals surface area contributed by atoms with Gasteiger partial charge in [0.2, 0.25) is 0 Å². The van der Waals surface area contributed by atoms with Crippen LogP contribution >= 0.6 is 0 Å². The number of allylic oxidation sites excluding steroid dienone is 2. The molecule has 0 N–H and O–H groups in total. The average molecular weight is 264 g/mol. The summed E-state index contributed by atoms with van der Waals surface area (Å²) in [6, 6.07) is 0. The molecule has 0 aromatic rings. The van der Waals surface area contributed by atoms with Crippen LogP contribution < -0.4 is 0 Å². The van der Waals surface area contributed by atoms with Gasteiger partial charge in [-0.05, 0) is 25.2 Å². The molecule has 19 heavy (non-hydrogen) atoms. The molecule has 0 saturated carbocycles. The molecule has 0 aromatic carbocycles. The molecular weight excluding hydrogens is 236 g/mol. The number of ether oxygens (including phenoxy) is 1. The van der Waals surface area contributed by atoms with Crippen LogP contribution in [-0.2, 0) is 9.53 Å². The first-order valence-corrected chi connectivity index (χ1v) is 7.43. The van der Waals surface area contributed by atoms with E-state index in [4.69, 9.17) is 4.74 Å². The van der Waals surface area contributed by atoms with Gasteiger partial charge >= 0.3 is 0 Å². The summed E-state index contributed by atoms with van der Waals surface area (Å²) >= 11 is 0. The quantitative estimate of drug-likeness (QED) is 0.640. The van der Waals surface area contributed by atoms with Crippen LogP contribution in [0, 0.1) is 11.3 Å². The fourth-order valence-corrected chi connectivity index (χ4v) is 3.12. The maximum Gasteiger partial charge on any atom is 0.149 e. The summed E-state index contributed by atoms with van der Waals surface area (Å²) in [5.41, 5.74) is 2.21. The van der Waals surface area contributed by atoms with Gasteiger partial charge in [0, 0.05) is 13.5 Å². The molecule has 1 unspecified atom stereocenters. The van der Waals surface area contributed by atoms with Crippen LogP contribution in [0.4, 0.5) is 0 Å². The molecule has 0 heterocycles. The molecule has 0 aliphatic heterocycles. The first-order chi connectivity index (χ1) is 9.01. The van der Waals surface area contributed by atoms with Gasteiger partial charge in [-0.3, -0.25) is 4.79 Å². The topological polar surface area (TPSA) is 26.3 Å². The minimum Gasteiger partial charge on any atom is -0.383 e. The summed E-state index contributed by atoms with van der Waals surface area (Å²) in [5, 5.41) is 0. The number of methoxy groups -OCH3 is 1. The summed E-state index contributed by atoms with van der Waals surface area (Å²) < 4.78 is 5.41. The van der Waals surface area contributed by atoms with Gasteiger partial charge in [-0.15, -0.1) is 0 Å². The van der Waals surface area contributed by atoms with Crippen molar-refractivity contribution >= 4 is 5.78 Å².